The van der Waals surface area contributed by atoms with Gasteiger partial charge in [0.25, 0.3) is 0 Å². The summed E-state index contributed by atoms with van der Waals surface area (Å²) in [6.07, 6.45) is 6.23. The highest BCUT2D eigenvalue weighted by molar-refractivity contribution is 9.10. The second-order valence-electron chi connectivity index (χ2n) is 6.66. The molecular weight excluding hydrogens is 326 g/mol. The number of pyridine rings is 1. The fourth-order valence-corrected chi connectivity index (χ4v) is 3.53. The third-order valence-corrected chi connectivity index (χ3v) is 5.42. The average Bonchev–Trinajstić information content (AvgIpc) is 2.47. The van der Waals surface area contributed by atoms with Gasteiger partial charge in [-0.2, -0.15) is 0 Å². The maximum atomic E-state index is 4.31. The highest BCUT2D eigenvalue weighted by Crippen LogP contribution is 2.26. The van der Waals surface area contributed by atoms with Gasteiger partial charge in [0.15, 0.2) is 0 Å². The van der Waals surface area contributed by atoms with E-state index in [0.717, 1.165) is 30.5 Å². The van der Waals surface area contributed by atoms with E-state index in [9.17, 15) is 0 Å². The van der Waals surface area contributed by atoms with Crippen LogP contribution in [0.5, 0.6) is 0 Å². The second-order valence-corrected chi connectivity index (χ2v) is 7.58. The van der Waals surface area contributed by atoms with Crippen molar-refractivity contribution in [1.82, 2.24) is 15.2 Å². The molecule has 3 nitrogen and oxygen atoms in total. The Morgan fingerprint density at radius 3 is 2.86 bits per heavy atom. The summed E-state index contributed by atoms with van der Waals surface area (Å²) < 4.78 is 1.06. The molecule has 4 heteroatoms. The first kappa shape index (κ1) is 16.9. The van der Waals surface area contributed by atoms with Crippen LogP contribution >= 0.6 is 15.9 Å². The number of nitrogens with one attached hydrogen (secondary N) is 1. The molecule has 1 aromatic rings. The number of piperazine rings is 1. The van der Waals surface area contributed by atoms with Gasteiger partial charge in [0.05, 0.1) is 0 Å². The molecule has 1 aliphatic rings. The molecule has 0 amide bonds. The summed E-state index contributed by atoms with van der Waals surface area (Å²) in [6.45, 7) is 12.4. The molecule has 118 valence electrons. The lowest BCUT2D eigenvalue weighted by molar-refractivity contribution is 0.0486. The maximum absolute atomic E-state index is 4.31. The number of hydrogen-bond donors (Lipinski definition) is 1. The maximum Gasteiger partial charge on any atom is 0.0410 e. The molecule has 3 atom stereocenters. The predicted octanol–water partition coefficient (Wildman–Crippen LogP) is 3.83. The van der Waals surface area contributed by atoms with Crippen LogP contribution in [0.25, 0.3) is 0 Å². The Balaban J connectivity index is 2.16. The third kappa shape index (κ3) is 4.27. The first-order valence-corrected chi connectivity index (χ1v) is 8.85. The Kier molecular flexibility index (Phi) is 5.81. The SMILES string of the molecule is CCC(C)C1CNC(C)(CC)CN1Cc1cncc(Br)c1. The van der Waals surface area contributed by atoms with Crippen LogP contribution in [0.15, 0.2) is 22.9 Å². The van der Waals surface area contributed by atoms with Gasteiger partial charge in [-0.25, -0.2) is 0 Å². The van der Waals surface area contributed by atoms with Crippen LogP contribution in [0.1, 0.15) is 46.1 Å². The first-order chi connectivity index (χ1) is 9.97. The zero-order valence-corrected chi connectivity index (χ0v) is 15.3. The van der Waals surface area contributed by atoms with Gasteiger partial charge < -0.3 is 5.32 Å². The average molecular weight is 354 g/mol. The van der Waals surface area contributed by atoms with E-state index in [0.29, 0.717) is 12.0 Å². The molecule has 0 spiro atoms. The number of nitrogens with zero attached hydrogens (tertiary/aromatic N) is 2. The summed E-state index contributed by atoms with van der Waals surface area (Å²) in [7, 11) is 0. The molecule has 21 heavy (non-hydrogen) atoms. The van der Waals surface area contributed by atoms with Gasteiger partial charge in [0, 0.05) is 48.1 Å². The van der Waals surface area contributed by atoms with E-state index in [2.05, 4.69) is 64.9 Å². The van der Waals surface area contributed by atoms with Crippen molar-refractivity contribution in [1.29, 1.82) is 0 Å². The molecule has 2 rings (SSSR count). The summed E-state index contributed by atoms with van der Waals surface area (Å²) >= 11 is 3.53. The van der Waals surface area contributed by atoms with Crippen molar-refractivity contribution in [3.8, 4) is 0 Å². The third-order valence-electron chi connectivity index (χ3n) is 4.99. The highest BCUT2D eigenvalue weighted by Gasteiger charge is 2.36. The molecule has 1 aromatic heterocycles. The minimum absolute atomic E-state index is 0.226. The Morgan fingerprint density at radius 2 is 2.24 bits per heavy atom. The summed E-state index contributed by atoms with van der Waals surface area (Å²) in [5.41, 5.74) is 1.52. The molecular formula is C17H28BrN3. The number of rotatable bonds is 5. The van der Waals surface area contributed by atoms with E-state index < -0.39 is 0 Å². The zero-order valence-electron chi connectivity index (χ0n) is 13.7. The van der Waals surface area contributed by atoms with E-state index in [-0.39, 0.29) is 5.54 Å². The van der Waals surface area contributed by atoms with Crippen molar-refractivity contribution < 1.29 is 0 Å². The fourth-order valence-electron chi connectivity index (χ4n) is 3.12. The zero-order chi connectivity index (χ0) is 15.5. The Hall–Kier alpha value is -0.450. The van der Waals surface area contributed by atoms with Crippen LogP contribution in [0.3, 0.4) is 0 Å². The number of halogens is 1. The molecule has 1 aliphatic heterocycles. The second kappa shape index (κ2) is 7.21. The topological polar surface area (TPSA) is 28.2 Å². The van der Waals surface area contributed by atoms with E-state index in [4.69, 9.17) is 0 Å². The van der Waals surface area contributed by atoms with Crippen molar-refractivity contribution in [2.24, 2.45) is 5.92 Å². The van der Waals surface area contributed by atoms with Crippen LogP contribution in [-0.4, -0.2) is 34.6 Å². The van der Waals surface area contributed by atoms with E-state index in [1.807, 2.05) is 12.4 Å². The van der Waals surface area contributed by atoms with Crippen molar-refractivity contribution in [3.05, 3.63) is 28.5 Å². The molecule has 0 bridgehead atoms. The van der Waals surface area contributed by atoms with Crippen molar-refractivity contribution in [2.45, 2.75) is 58.7 Å². The normalized spacial score (nSPS) is 28.5. The van der Waals surface area contributed by atoms with E-state index in [1.54, 1.807) is 0 Å². The summed E-state index contributed by atoms with van der Waals surface area (Å²) in [5.74, 6) is 0.707. The Bertz CT molecular complexity index is 465. The fraction of sp³-hybridized carbons (Fsp3) is 0.706. The molecule has 0 aromatic carbocycles. The monoisotopic (exact) mass is 353 g/mol. The molecule has 0 saturated carbocycles. The van der Waals surface area contributed by atoms with Gasteiger partial charge in [0.2, 0.25) is 0 Å². The standard InChI is InChI=1S/C17H28BrN3/c1-5-13(3)16-10-20-17(4,6-2)12-21(16)11-14-7-15(18)9-19-8-14/h7-9,13,16,20H,5-6,10-12H2,1-4H3. The highest BCUT2D eigenvalue weighted by atomic mass is 79.9. The van der Waals surface area contributed by atoms with Crippen molar-refractivity contribution in [2.75, 3.05) is 13.1 Å². The molecule has 3 unspecified atom stereocenters. The minimum atomic E-state index is 0.226. The molecule has 1 N–H and O–H groups in total. The molecule has 1 fully saturated rings. The molecule has 0 radical (unpaired) electrons. The summed E-state index contributed by atoms with van der Waals surface area (Å²) in [5, 5.41) is 3.77. The van der Waals surface area contributed by atoms with Crippen LogP contribution < -0.4 is 5.32 Å². The lowest BCUT2D eigenvalue weighted by Crippen LogP contribution is -2.63. The van der Waals surface area contributed by atoms with Gasteiger partial charge in [0.1, 0.15) is 0 Å². The molecule has 0 aliphatic carbocycles. The van der Waals surface area contributed by atoms with Crippen LogP contribution in [0, 0.1) is 5.92 Å². The summed E-state index contributed by atoms with van der Waals surface area (Å²) in [4.78, 5) is 6.96. The lowest BCUT2D eigenvalue weighted by atomic mass is 9.88. The Morgan fingerprint density at radius 1 is 1.48 bits per heavy atom. The summed E-state index contributed by atoms with van der Waals surface area (Å²) in [6, 6.07) is 2.79. The van der Waals surface area contributed by atoms with Gasteiger partial charge >= 0.3 is 0 Å². The predicted molar refractivity (Wildman–Crippen MR) is 92.3 cm³/mol. The minimum Gasteiger partial charge on any atom is -0.309 e. The largest absolute Gasteiger partial charge is 0.309 e. The van der Waals surface area contributed by atoms with Crippen molar-refractivity contribution >= 4 is 15.9 Å². The quantitative estimate of drug-likeness (QED) is 0.871. The number of aromatic nitrogens is 1. The lowest BCUT2D eigenvalue weighted by Gasteiger charge is -2.48. The number of hydrogen-bond acceptors (Lipinski definition) is 3. The molecule has 1 saturated heterocycles. The van der Waals surface area contributed by atoms with Crippen LogP contribution in [-0.2, 0) is 6.54 Å². The first-order valence-electron chi connectivity index (χ1n) is 8.06. The van der Waals surface area contributed by atoms with Gasteiger partial charge in [-0.3, -0.25) is 9.88 Å². The van der Waals surface area contributed by atoms with Gasteiger partial charge in [-0.15, -0.1) is 0 Å². The van der Waals surface area contributed by atoms with Crippen LogP contribution in [0.2, 0.25) is 0 Å². The van der Waals surface area contributed by atoms with E-state index >= 15 is 0 Å². The van der Waals surface area contributed by atoms with Crippen molar-refractivity contribution in [3.63, 3.8) is 0 Å². The van der Waals surface area contributed by atoms with E-state index in [1.165, 1.54) is 12.0 Å². The smallest absolute Gasteiger partial charge is 0.0410 e. The Labute approximate surface area is 137 Å². The van der Waals surface area contributed by atoms with Gasteiger partial charge in [-0.05, 0) is 46.8 Å². The molecule has 2 heterocycles. The van der Waals surface area contributed by atoms with Crippen LogP contribution in [0.4, 0.5) is 0 Å². The van der Waals surface area contributed by atoms with Gasteiger partial charge in [-0.1, -0.05) is 27.2 Å².